The smallest absolute Gasteiger partial charge is 0.249 e. The van der Waals surface area contributed by atoms with E-state index in [9.17, 15) is 4.79 Å². The number of amides is 1. The van der Waals surface area contributed by atoms with Crippen molar-refractivity contribution in [3.63, 3.8) is 0 Å². The number of nitrogens with one attached hydrogen (secondary N) is 1. The topological polar surface area (TPSA) is 73.4 Å². The number of carbonyl (C=O) groups is 1. The van der Waals surface area contributed by atoms with Crippen LogP contribution in [0.4, 0.5) is 0 Å². The fourth-order valence-corrected chi connectivity index (χ4v) is 3.11. The van der Waals surface area contributed by atoms with Crippen LogP contribution in [0, 0.1) is 5.41 Å². The van der Waals surface area contributed by atoms with Gasteiger partial charge in [0.1, 0.15) is 17.6 Å². The molecule has 0 bridgehead atoms. The summed E-state index contributed by atoms with van der Waals surface area (Å²) >= 11 is 0. The SMILES string of the molecule is CC[C@@H]1C(=O)N(C)C(C=N)=C(N)N1C1CCCC1. The molecule has 1 aliphatic heterocycles. The van der Waals surface area contributed by atoms with E-state index in [-0.39, 0.29) is 11.9 Å². The van der Waals surface area contributed by atoms with Gasteiger partial charge in [-0.05, 0) is 19.3 Å². The van der Waals surface area contributed by atoms with E-state index in [0.29, 0.717) is 17.6 Å². The molecule has 0 aromatic heterocycles. The zero-order valence-electron chi connectivity index (χ0n) is 11.1. The largest absolute Gasteiger partial charge is 0.384 e. The molecule has 2 rings (SSSR count). The number of rotatable bonds is 3. The Bertz CT molecular complexity index is 384. The Morgan fingerprint density at radius 2 is 2.06 bits per heavy atom. The Kier molecular flexibility index (Phi) is 3.59. The summed E-state index contributed by atoms with van der Waals surface area (Å²) in [4.78, 5) is 15.9. The maximum atomic E-state index is 12.3. The van der Waals surface area contributed by atoms with Crippen molar-refractivity contribution in [2.24, 2.45) is 5.73 Å². The van der Waals surface area contributed by atoms with Crippen LogP contribution in [-0.2, 0) is 4.79 Å². The molecule has 3 N–H and O–H groups in total. The summed E-state index contributed by atoms with van der Waals surface area (Å²) in [5, 5.41) is 7.45. The summed E-state index contributed by atoms with van der Waals surface area (Å²) in [6.07, 6.45) is 6.54. The minimum atomic E-state index is -0.165. The third kappa shape index (κ3) is 1.87. The van der Waals surface area contributed by atoms with Crippen LogP contribution in [-0.4, -0.2) is 41.1 Å². The van der Waals surface area contributed by atoms with E-state index in [1.165, 1.54) is 24.0 Å². The first-order valence-electron chi connectivity index (χ1n) is 6.68. The molecular formula is C13H22N4O. The van der Waals surface area contributed by atoms with Gasteiger partial charge in [-0.15, -0.1) is 0 Å². The molecule has 2 aliphatic rings. The lowest BCUT2D eigenvalue weighted by molar-refractivity contribution is -0.135. The third-order valence-corrected chi connectivity index (χ3v) is 4.09. The molecule has 0 spiro atoms. The van der Waals surface area contributed by atoms with Gasteiger partial charge in [-0.3, -0.25) is 4.79 Å². The average Bonchev–Trinajstić information content (AvgIpc) is 2.87. The summed E-state index contributed by atoms with van der Waals surface area (Å²) in [6, 6.07) is 0.198. The summed E-state index contributed by atoms with van der Waals surface area (Å²) in [6.45, 7) is 2.01. The minimum absolute atomic E-state index is 0.0529. The number of hydrogen-bond acceptors (Lipinski definition) is 4. The van der Waals surface area contributed by atoms with E-state index in [4.69, 9.17) is 11.1 Å². The van der Waals surface area contributed by atoms with Gasteiger partial charge in [-0.1, -0.05) is 19.8 Å². The lowest BCUT2D eigenvalue weighted by atomic mass is 10.0. The Hall–Kier alpha value is -1.52. The third-order valence-electron chi connectivity index (χ3n) is 4.09. The van der Waals surface area contributed by atoms with Crippen LogP contribution in [0.5, 0.6) is 0 Å². The van der Waals surface area contributed by atoms with Gasteiger partial charge in [0.05, 0.1) is 0 Å². The Labute approximate surface area is 108 Å². The van der Waals surface area contributed by atoms with Gasteiger partial charge in [-0.25, -0.2) is 0 Å². The zero-order valence-corrected chi connectivity index (χ0v) is 11.1. The summed E-state index contributed by atoms with van der Waals surface area (Å²) in [7, 11) is 1.70. The van der Waals surface area contributed by atoms with Gasteiger partial charge >= 0.3 is 0 Å². The van der Waals surface area contributed by atoms with E-state index in [1.807, 2.05) is 6.92 Å². The first kappa shape index (κ1) is 12.9. The molecule has 18 heavy (non-hydrogen) atoms. The predicted molar refractivity (Wildman–Crippen MR) is 70.9 cm³/mol. The number of carbonyl (C=O) groups excluding carboxylic acids is 1. The lowest BCUT2D eigenvalue weighted by Gasteiger charge is -2.43. The number of nitrogens with two attached hydrogens (primary N) is 1. The van der Waals surface area contributed by atoms with E-state index in [1.54, 1.807) is 7.05 Å². The number of allylic oxidation sites excluding steroid dienone is 1. The second-order valence-corrected chi connectivity index (χ2v) is 5.08. The average molecular weight is 250 g/mol. The van der Waals surface area contributed by atoms with E-state index < -0.39 is 0 Å². The van der Waals surface area contributed by atoms with Crippen molar-refractivity contribution in [3.05, 3.63) is 11.5 Å². The van der Waals surface area contributed by atoms with Crippen molar-refractivity contribution >= 4 is 12.1 Å². The Morgan fingerprint density at radius 3 is 2.56 bits per heavy atom. The van der Waals surface area contributed by atoms with Crippen molar-refractivity contribution < 1.29 is 4.79 Å². The highest BCUT2D eigenvalue weighted by atomic mass is 16.2. The van der Waals surface area contributed by atoms with Crippen molar-refractivity contribution in [2.75, 3.05) is 7.05 Å². The van der Waals surface area contributed by atoms with Crippen LogP contribution in [0.15, 0.2) is 11.5 Å². The quantitative estimate of drug-likeness (QED) is 0.741. The fraction of sp³-hybridized carbons (Fsp3) is 0.692. The molecule has 0 saturated heterocycles. The molecular weight excluding hydrogens is 228 g/mol. The number of hydrogen-bond donors (Lipinski definition) is 2. The van der Waals surface area contributed by atoms with E-state index in [0.717, 1.165) is 19.3 Å². The molecule has 1 aliphatic carbocycles. The zero-order chi connectivity index (χ0) is 13.3. The van der Waals surface area contributed by atoms with Gasteiger partial charge < -0.3 is 20.9 Å². The van der Waals surface area contributed by atoms with Crippen molar-refractivity contribution in [3.8, 4) is 0 Å². The van der Waals surface area contributed by atoms with Crippen LogP contribution < -0.4 is 5.73 Å². The first-order valence-corrected chi connectivity index (χ1v) is 6.68. The van der Waals surface area contributed by atoms with Crippen LogP contribution in [0.3, 0.4) is 0 Å². The maximum absolute atomic E-state index is 12.3. The normalized spacial score (nSPS) is 26.1. The van der Waals surface area contributed by atoms with Crippen molar-refractivity contribution in [2.45, 2.75) is 51.1 Å². The van der Waals surface area contributed by atoms with Crippen molar-refractivity contribution in [1.82, 2.24) is 9.80 Å². The van der Waals surface area contributed by atoms with Gasteiger partial charge in [0.15, 0.2) is 0 Å². The number of nitrogens with zero attached hydrogens (tertiary/aromatic N) is 2. The minimum Gasteiger partial charge on any atom is -0.384 e. The highest BCUT2D eigenvalue weighted by Gasteiger charge is 2.39. The van der Waals surface area contributed by atoms with Gasteiger partial charge in [0, 0.05) is 19.3 Å². The molecule has 1 atom stereocenters. The predicted octanol–water partition coefficient (Wildman–Crippen LogP) is 1.26. The van der Waals surface area contributed by atoms with E-state index >= 15 is 0 Å². The Balaban J connectivity index is 2.41. The first-order chi connectivity index (χ1) is 8.61. The van der Waals surface area contributed by atoms with Crippen LogP contribution in [0.2, 0.25) is 0 Å². The molecule has 1 fully saturated rings. The second kappa shape index (κ2) is 5.00. The van der Waals surface area contributed by atoms with Gasteiger partial charge in [0.25, 0.3) is 0 Å². The van der Waals surface area contributed by atoms with Crippen LogP contribution >= 0.6 is 0 Å². The monoisotopic (exact) mass is 250 g/mol. The van der Waals surface area contributed by atoms with Gasteiger partial charge in [0.2, 0.25) is 5.91 Å². The molecule has 0 aromatic carbocycles. The molecule has 5 nitrogen and oxygen atoms in total. The molecule has 1 heterocycles. The standard InChI is InChI=1S/C13H22N4O/c1-3-10-13(18)16(2)11(8-14)12(15)17(10)9-6-4-5-7-9/h8-10,14H,3-7,15H2,1-2H3/t10-/m1/s1. The molecule has 1 saturated carbocycles. The van der Waals surface area contributed by atoms with Crippen LogP contribution in [0.25, 0.3) is 0 Å². The molecule has 0 aromatic rings. The molecule has 1 amide bonds. The molecule has 0 radical (unpaired) electrons. The Morgan fingerprint density at radius 1 is 1.44 bits per heavy atom. The highest BCUT2D eigenvalue weighted by Crippen LogP contribution is 2.32. The fourth-order valence-electron chi connectivity index (χ4n) is 3.11. The maximum Gasteiger partial charge on any atom is 0.249 e. The highest BCUT2D eigenvalue weighted by molar-refractivity contribution is 5.92. The number of likely N-dealkylation sites (N-methyl/N-ethyl adjacent to an activating group) is 1. The molecule has 0 unspecified atom stereocenters. The molecule has 100 valence electrons. The van der Waals surface area contributed by atoms with E-state index in [2.05, 4.69) is 4.90 Å². The second-order valence-electron chi connectivity index (χ2n) is 5.08. The lowest BCUT2D eigenvalue weighted by Crippen LogP contribution is -2.56. The summed E-state index contributed by atoms with van der Waals surface area (Å²) in [5.74, 6) is 0.642. The molecule has 5 heteroatoms. The van der Waals surface area contributed by atoms with Crippen molar-refractivity contribution in [1.29, 1.82) is 5.41 Å². The summed E-state index contributed by atoms with van der Waals surface area (Å²) < 4.78 is 0. The van der Waals surface area contributed by atoms with Crippen LogP contribution in [0.1, 0.15) is 39.0 Å². The summed E-state index contributed by atoms with van der Waals surface area (Å²) in [5.41, 5.74) is 6.72. The van der Waals surface area contributed by atoms with Gasteiger partial charge in [-0.2, -0.15) is 0 Å².